The van der Waals surface area contributed by atoms with E-state index in [2.05, 4.69) is 9.80 Å². The summed E-state index contributed by atoms with van der Waals surface area (Å²) in [4.78, 5) is 25.2. The van der Waals surface area contributed by atoms with Crippen LogP contribution < -0.4 is 0 Å². The van der Waals surface area contributed by atoms with Crippen LogP contribution in [0.15, 0.2) is 0 Å². The first-order valence-electron chi connectivity index (χ1n) is 7.05. The highest BCUT2D eigenvalue weighted by Crippen LogP contribution is 2.21. The maximum absolute atomic E-state index is 10.5. The molecule has 6 heteroatoms. The Bertz CT molecular complexity index is 327. The fourth-order valence-corrected chi connectivity index (χ4v) is 3.06. The standard InChI is InChI=1S/2C7H13NO2/c2*1-5-3-8(2)4-6(5)7(9)10/h2*5-6H,3-4H2,1-2H3,(H,9,10). The summed E-state index contributed by atoms with van der Waals surface area (Å²) >= 11 is 0. The van der Waals surface area contributed by atoms with Crippen molar-refractivity contribution in [3.05, 3.63) is 0 Å². The molecule has 4 unspecified atom stereocenters. The van der Waals surface area contributed by atoms with E-state index < -0.39 is 11.9 Å². The average molecular weight is 286 g/mol. The Labute approximate surface area is 120 Å². The van der Waals surface area contributed by atoms with Crippen LogP contribution in [0.5, 0.6) is 0 Å². The monoisotopic (exact) mass is 286 g/mol. The Morgan fingerprint density at radius 2 is 1.10 bits per heavy atom. The summed E-state index contributed by atoms with van der Waals surface area (Å²) in [6.07, 6.45) is 0. The SMILES string of the molecule is CC1CN(C)CC1C(=O)O.CC1CN(C)CC1C(=O)O. The van der Waals surface area contributed by atoms with Gasteiger partial charge in [0.2, 0.25) is 0 Å². The number of hydrogen-bond acceptors (Lipinski definition) is 4. The molecule has 2 fully saturated rings. The summed E-state index contributed by atoms with van der Waals surface area (Å²) in [5.74, 6) is -0.992. The Kier molecular flexibility index (Phi) is 5.95. The van der Waals surface area contributed by atoms with Crippen molar-refractivity contribution in [3.63, 3.8) is 0 Å². The third-order valence-electron chi connectivity index (χ3n) is 4.22. The van der Waals surface area contributed by atoms with E-state index in [4.69, 9.17) is 10.2 Å². The zero-order valence-electron chi connectivity index (χ0n) is 12.7. The molecule has 0 aromatic heterocycles. The van der Waals surface area contributed by atoms with Crippen LogP contribution in [-0.4, -0.2) is 72.2 Å². The van der Waals surface area contributed by atoms with Gasteiger partial charge in [0.05, 0.1) is 11.8 Å². The van der Waals surface area contributed by atoms with Gasteiger partial charge in [-0.2, -0.15) is 0 Å². The zero-order chi connectivity index (χ0) is 15.4. The van der Waals surface area contributed by atoms with Crippen LogP contribution in [0.3, 0.4) is 0 Å². The van der Waals surface area contributed by atoms with Crippen molar-refractivity contribution < 1.29 is 19.8 Å². The van der Waals surface area contributed by atoms with Crippen LogP contribution in [0, 0.1) is 23.7 Å². The topological polar surface area (TPSA) is 81.1 Å². The maximum atomic E-state index is 10.5. The second-order valence-electron chi connectivity index (χ2n) is 6.29. The molecule has 116 valence electrons. The molecule has 2 rings (SSSR count). The lowest BCUT2D eigenvalue weighted by atomic mass is 9.99. The van der Waals surface area contributed by atoms with E-state index in [-0.39, 0.29) is 11.8 Å². The summed E-state index contributed by atoms with van der Waals surface area (Å²) in [5, 5.41) is 17.3. The minimum atomic E-state index is -0.656. The fourth-order valence-electron chi connectivity index (χ4n) is 3.06. The van der Waals surface area contributed by atoms with Gasteiger partial charge in [-0.05, 0) is 25.9 Å². The Morgan fingerprint density at radius 3 is 1.20 bits per heavy atom. The Hall–Kier alpha value is -1.14. The third kappa shape index (κ3) is 4.45. The number of likely N-dealkylation sites (tertiary alicyclic amines) is 2. The fraction of sp³-hybridized carbons (Fsp3) is 0.857. The number of rotatable bonds is 2. The molecular formula is C14H26N2O4. The second-order valence-corrected chi connectivity index (χ2v) is 6.29. The zero-order valence-corrected chi connectivity index (χ0v) is 12.7. The van der Waals surface area contributed by atoms with Crippen LogP contribution in [0.2, 0.25) is 0 Å². The summed E-state index contributed by atoms with van der Waals surface area (Å²) in [7, 11) is 3.92. The van der Waals surface area contributed by atoms with Gasteiger partial charge in [0.1, 0.15) is 0 Å². The molecule has 2 aliphatic rings. The highest BCUT2D eigenvalue weighted by atomic mass is 16.4. The van der Waals surface area contributed by atoms with Crippen molar-refractivity contribution in [1.29, 1.82) is 0 Å². The number of carbonyl (C=O) groups is 2. The van der Waals surface area contributed by atoms with Gasteiger partial charge in [-0.1, -0.05) is 13.8 Å². The summed E-state index contributed by atoms with van der Waals surface area (Å²) in [5.41, 5.74) is 0. The minimum Gasteiger partial charge on any atom is -0.481 e. The second kappa shape index (κ2) is 7.04. The molecule has 0 saturated carbocycles. The smallest absolute Gasteiger partial charge is 0.308 e. The molecule has 2 saturated heterocycles. The van der Waals surface area contributed by atoms with E-state index in [1.54, 1.807) is 0 Å². The van der Waals surface area contributed by atoms with Gasteiger partial charge in [0.15, 0.2) is 0 Å². The van der Waals surface area contributed by atoms with Crippen LogP contribution >= 0.6 is 0 Å². The van der Waals surface area contributed by atoms with Gasteiger partial charge in [0, 0.05) is 26.2 Å². The Morgan fingerprint density at radius 1 is 0.800 bits per heavy atom. The molecule has 2 aliphatic heterocycles. The van der Waals surface area contributed by atoms with E-state index in [1.807, 2.05) is 27.9 Å². The van der Waals surface area contributed by atoms with E-state index in [0.29, 0.717) is 24.9 Å². The minimum absolute atomic E-state index is 0.148. The molecule has 0 amide bonds. The lowest BCUT2D eigenvalue weighted by Crippen LogP contribution is -2.20. The normalized spacial score (nSPS) is 34.6. The van der Waals surface area contributed by atoms with E-state index in [0.717, 1.165) is 13.1 Å². The van der Waals surface area contributed by atoms with Gasteiger partial charge in [-0.3, -0.25) is 9.59 Å². The van der Waals surface area contributed by atoms with Gasteiger partial charge >= 0.3 is 11.9 Å². The Balaban J connectivity index is 0.000000200. The van der Waals surface area contributed by atoms with Crippen LogP contribution in [0.25, 0.3) is 0 Å². The number of carboxylic acid groups (broad SMARTS) is 2. The van der Waals surface area contributed by atoms with E-state index in [9.17, 15) is 9.59 Å². The summed E-state index contributed by atoms with van der Waals surface area (Å²) in [6, 6.07) is 0. The molecule has 0 radical (unpaired) electrons. The van der Waals surface area contributed by atoms with E-state index >= 15 is 0 Å². The number of aliphatic carboxylic acids is 2. The predicted molar refractivity (Wildman–Crippen MR) is 75.6 cm³/mol. The van der Waals surface area contributed by atoms with Gasteiger partial charge < -0.3 is 20.0 Å². The predicted octanol–water partition coefficient (Wildman–Crippen LogP) is 0.537. The van der Waals surface area contributed by atoms with Crippen LogP contribution in [0.1, 0.15) is 13.8 Å². The van der Waals surface area contributed by atoms with Gasteiger partial charge in [-0.25, -0.2) is 0 Å². The maximum Gasteiger partial charge on any atom is 0.308 e. The van der Waals surface area contributed by atoms with Crippen LogP contribution in [0.4, 0.5) is 0 Å². The van der Waals surface area contributed by atoms with Crippen molar-refractivity contribution >= 4 is 11.9 Å². The quantitative estimate of drug-likeness (QED) is 0.771. The molecule has 0 aromatic rings. The summed E-state index contributed by atoms with van der Waals surface area (Å²) in [6.45, 7) is 7.21. The van der Waals surface area contributed by atoms with Crippen LogP contribution in [-0.2, 0) is 9.59 Å². The number of carboxylic acids is 2. The van der Waals surface area contributed by atoms with Gasteiger partial charge in [-0.15, -0.1) is 0 Å². The van der Waals surface area contributed by atoms with Crippen molar-refractivity contribution in [2.45, 2.75) is 13.8 Å². The molecule has 0 spiro atoms. The average Bonchev–Trinajstić information content (AvgIpc) is 2.82. The largest absolute Gasteiger partial charge is 0.481 e. The highest BCUT2D eigenvalue weighted by Gasteiger charge is 2.33. The van der Waals surface area contributed by atoms with E-state index in [1.165, 1.54) is 0 Å². The van der Waals surface area contributed by atoms with Crippen molar-refractivity contribution in [2.75, 3.05) is 40.3 Å². The molecule has 0 aromatic carbocycles. The highest BCUT2D eigenvalue weighted by molar-refractivity contribution is 5.71. The van der Waals surface area contributed by atoms with Gasteiger partial charge in [0.25, 0.3) is 0 Å². The summed E-state index contributed by atoms with van der Waals surface area (Å²) < 4.78 is 0. The van der Waals surface area contributed by atoms with Crippen molar-refractivity contribution in [1.82, 2.24) is 9.80 Å². The molecule has 20 heavy (non-hydrogen) atoms. The number of nitrogens with zero attached hydrogens (tertiary/aromatic N) is 2. The lowest BCUT2D eigenvalue weighted by molar-refractivity contribution is -0.143. The number of hydrogen-bond donors (Lipinski definition) is 2. The van der Waals surface area contributed by atoms with Crippen molar-refractivity contribution in [2.24, 2.45) is 23.7 Å². The first-order valence-corrected chi connectivity index (χ1v) is 7.05. The first kappa shape index (κ1) is 16.9. The molecule has 6 nitrogen and oxygen atoms in total. The molecule has 2 N–H and O–H groups in total. The third-order valence-corrected chi connectivity index (χ3v) is 4.22. The molecule has 2 heterocycles. The molecule has 0 aliphatic carbocycles. The first-order chi connectivity index (χ1) is 9.22. The molecular weight excluding hydrogens is 260 g/mol. The van der Waals surface area contributed by atoms with Crippen molar-refractivity contribution in [3.8, 4) is 0 Å². The molecule has 0 bridgehead atoms. The lowest BCUT2D eigenvalue weighted by Gasteiger charge is -2.06. The molecule has 4 atom stereocenters.